The monoisotopic (exact) mass is 417 g/mol. The number of ketones is 1. The van der Waals surface area contributed by atoms with Crippen LogP contribution in [0.1, 0.15) is 45.3 Å². The van der Waals surface area contributed by atoms with Crippen LogP contribution in [0.5, 0.6) is 0 Å². The van der Waals surface area contributed by atoms with Crippen molar-refractivity contribution in [2.24, 2.45) is 7.05 Å². The molecular weight excluding hydrogens is 397 g/mol. The Hall–Kier alpha value is -4.00. The van der Waals surface area contributed by atoms with Crippen molar-refractivity contribution in [1.82, 2.24) is 14.9 Å². The number of rotatable bonds is 6. The molecule has 1 N–H and O–H groups in total. The quantitative estimate of drug-likeness (QED) is 0.467. The number of halogens is 1. The number of carbonyl (C=O) groups excluding carboxylic acids is 2. The van der Waals surface area contributed by atoms with Gasteiger partial charge in [0.05, 0.1) is 0 Å². The van der Waals surface area contributed by atoms with Crippen LogP contribution in [0.25, 0.3) is 11.3 Å². The van der Waals surface area contributed by atoms with E-state index in [1.165, 1.54) is 19.1 Å². The van der Waals surface area contributed by atoms with Gasteiger partial charge in [0.2, 0.25) is 0 Å². The molecule has 1 amide bonds. The third kappa shape index (κ3) is 4.30. The molecule has 31 heavy (non-hydrogen) atoms. The molecule has 6 nitrogen and oxygen atoms in total. The lowest BCUT2D eigenvalue weighted by molar-refractivity contribution is 0.0913. The Balaban J connectivity index is 1.59. The van der Waals surface area contributed by atoms with Crippen molar-refractivity contribution in [2.45, 2.75) is 13.0 Å². The molecule has 0 aliphatic carbocycles. The van der Waals surface area contributed by atoms with Crippen LogP contribution in [0.15, 0.2) is 77.5 Å². The molecule has 7 heteroatoms. The van der Waals surface area contributed by atoms with Crippen molar-refractivity contribution in [3.63, 3.8) is 0 Å². The first kappa shape index (κ1) is 20.3. The fraction of sp³-hybridized carbons (Fsp3) is 0.125. The summed E-state index contributed by atoms with van der Waals surface area (Å²) in [6.45, 7) is 1.50. The minimum absolute atomic E-state index is 0.0211. The highest BCUT2D eigenvalue weighted by atomic mass is 19.1. The van der Waals surface area contributed by atoms with E-state index >= 15 is 0 Å². The van der Waals surface area contributed by atoms with E-state index < -0.39 is 11.9 Å². The van der Waals surface area contributed by atoms with E-state index in [9.17, 15) is 14.0 Å². The first-order valence-corrected chi connectivity index (χ1v) is 9.67. The molecule has 0 radical (unpaired) electrons. The molecule has 0 unspecified atom stereocenters. The molecule has 2 aromatic heterocycles. The molecule has 0 aliphatic rings. The van der Waals surface area contributed by atoms with Gasteiger partial charge >= 0.3 is 0 Å². The fourth-order valence-corrected chi connectivity index (χ4v) is 3.29. The van der Waals surface area contributed by atoms with Gasteiger partial charge in [0, 0.05) is 30.6 Å². The highest BCUT2D eigenvalue weighted by molar-refractivity contribution is 5.94. The highest BCUT2D eigenvalue weighted by Crippen LogP contribution is 2.25. The summed E-state index contributed by atoms with van der Waals surface area (Å²) in [4.78, 5) is 28.7. The van der Waals surface area contributed by atoms with Crippen LogP contribution in [-0.4, -0.2) is 21.2 Å². The van der Waals surface area contributed by atoms with Gasteiger partial charge in [0.15, 0.2) is 11.5 Å². The molecule has 0 bridgehead atoms. The molecule has 4 aromatic rings. The second-order valence-electron chi connectivity index (χ2n) is 7.15. The Bertz CT molecular complexity index is 1220. The number of amides is 1. The zero-order valence-electron chi connectivity index (χ0n) is 17.0. The van der Waals surface area contributed by atoms with Crippen molar-refractivity contribution in [3.05, 3.63) is 102 Å². The van der Waals surface area contributed by atoms with Gasteiger partial charge in [-0.1, -0.05) is 36.4 Å². The number of imidazole rings is 1. The third-order valence-electron chi connectivity index (χ3n) is 5.00. The number of aromatic nitrogens is 2. The second-order valence-corrected chi connectivity index (χ2v) is 7.15. The summed E-state index contributed by atoms with van der Waals surface area (Å²) in [5.74, 6) is 0.436. The number of nitrogens with zero attached hydrogens (tertiary/aromatic N) is 2. The molecule has 0 saturated heterocycles. The van der Waals surface area contributed by atoms with Crippen molar-refractivity contribution < 1.29 is 18.4 Å². The molecule has 156 valence electrons. The molecule has 0 fully saturated rings. The van der Waals surface area contributed by atoms with Crippen LogP contribution in [0.3, 0.4) is 0 Å². The molecule has 2 aromatic carbocycles. The molecule has 2 heterocycles. The number of hydrogen-bond donors (Lipinski definition) is 1. The van der Waals surface area contributed by atoms with Crippen molar-refractivity contribution in [3.8, 4) is 11.3 Å². The number of hydrogen-bond acceptors (Lipinski definition) is 4. The summed E-state index contributed by atoms with van der Waals surface area (Å²) in [5, 5.41) is 2.92. The molecule has 0 spiro atoms. The largest absolute Gasteiger partial charge is 0.451 e. The maximum absolute atomic E-state index is 13.4. The number of nitrogens with one attached hydrogen (secondary N) is 1. The van der Waals surface area contributed by atoms with Crippen LogP contribution >= 0.6 is 0 Å². The van der Waals surface area contributed by atoms with Crippen LogP contribution in [-0.2, 0) is 7.05 Å². The average molecular weight is 417 g/mol. The molecule has 4 rings (SSSR count). The summed E-state index contributed by atoms with van der Waals surface area (Å²) in [5.41, 5.74) is 2.05. The van der Waals surface area contributed by atoms with Gasteiger partial charge < -0.3 is 14.3 Å². The predicted molar refractivity (Wildman–Crippen MR) is 113 cm³/mol. The minimum atomic E-state index is -0.587. The maximum Gasteiger partial charge on any atom is 0.287 e. The second kappa shape index (κ2) is 8.39. The number of aryl methyl sites for hydroxylation is 1. The molecular formula is C24H20FN3O3. The molecule has 0 aliphatic heterocycles. The van der Waals surface area contributed by atoms with E-state index in [4.69, 9.17) is 4.42 Å². The van der Waals surface area contributed by atoms with E-state index in [0.717, 1.165) is 5.56 Å². The van der Waals surface area contributed by atoms with Crippen LogP contribution < -0.4 is 5.32 Å². The van der Waals surface area contributed by atoms with Gasteiger partial charge in [-0.25, -0.2) is 9.37 Å². The van der Waals surface area contributed by atoms with E-state index in [-0.39, 0.29) is 17.4 Å². The van der Waals surface area contributed by atoms with Crippen LogP contribution in [0, 0.1) is 5.82 Å². The van der Waals surface area contributed by atoms with Gasteiger partial charge in [-0.2, -0.15) is 0 Å². The zero-order chi connectivity index (χ0) is 22.0. The summed E-state index contributed by atoms with van der Waals surface area (Å²) in [6.07, 6.45) is 3.40. The van der Waals surface area contributed by atoms with E-state index in [1.807, 2.05) is 7.05 Å². The van der Waals surface area contributed by atoms with E-state index in [1.54, 1.807) is 65.5 Å². The summed E-state index contributed by atoms with van der Waals surface area (Å²) >= 11 is 0. The van der Waals surface area contributed by atoms with E-state index in [0.29, 0.717) is 22.7 Å². The molecule has 0 saturated carbocycles. The first-order chi connectivity index (χ1) is 14.9. The standard InChI is InChI=1S/C24H20FN3O3/c1-15(29)16-3-5-17(6-4-16)20-11-12-21(31-20)24(30)27-22(23-26-13-14-28(23)2)18-7-9-19(25)10-8-18/h3-14,22H,1-2H3,(H,27,30)/t22-/m1/s1. The summed E-state index contributed by atoms with van der Waals surface area (Å²) < 4.78 is 20.9. The Morgan fingerprint density at radius 3 is 2.35 bits per heavy atom. The fourth-order valence-electron chi connectivity index (χ4n) is 3.29. The van der Waals surface area contributed by atoms with Crippen molar-refractivity contribution >= 4 is 11.7 Å². The number of carbonyl (C=O) groups is 2. The van der Waals surface area contributed by atoms with Crippen molar-refractivity contribution in [1.29, 1.82) is 0 Å². The van der Waals surface area contributed by atoms with E-state index in [2.05, 4.69) is 10.3 Å². The Labute approximate surface area is 178 Å². The maximum atomic E-state index is 13.4. The Morgan fingerprint density at radius 2 is 1.74 bits per heavy atom. The first-order valence-electron chi connectivity index (χ1n) is 9.67. The number of benzene rings is 2. The lowest BCUT2D eigenvalue weighted by Gasteiger charge is -2.18. The average Bonchev–Trinajstić information content (AvgIpc) is 3.42. The summed E-state index contributed by atoms with van der Waals surface area (Å²) in [7, 11) is 1.82. The zero-order valence-corrected chi connectivity index (χ0v) is 17.0. The topological polar surface area (TPSA) is 77.1 Å². The van der Waals surface area contributed by atoms with Gasteiger partial charge in [-0.05, 0) is 36.8 Å². The smallest absolute Gasteiger partial charge is 0.287 e. The SMILES string of the molecule is CC(=O)c1ccc(-c2ccc(C(=O)N[C@H](c3ccc(F)cc3)c3nccn3C)o2)cc1. The normalized spacial score (nSPS) is 11.8. The molecule has 1 atom stereocenters. The number of Topliss-reactive ketones (excluding diaryl/α,β-unsaturated/α-hetero) is 1. The number of furan rings is 1. The minimum Gasteiger partial charge on any atom is -0.451 e. The Kier molecular flexibility index (Phi) is 5.49. The highest BCUT2D eigenvalue weighted by Gasteiger charge is 2.23. The van der Waals surface area contributed by atoms with Gasteiger partial charge in [0.1, 0.15) is 23.4 Å². The lowest BCUT2D eigenvalue weighted by Crippen LogP contribution is -2.30. The third-order valence-corrected chi connectivity index (χ3v) is 5.00. The Morgan fingerprint density at radius 1 is 1.03 bits per heavy atom. The van der Waals surface area contributed by atoms with Gasteiger partial charge in [-0.15, -0.1) is 0 Å². The summed E-state index contributed by atoms with van der Waals surface area (Å²) in [6, 6.07) is 15.6. The van der Waals surface area contributed by atoms with Gasteiger partial charge in [-0.3, -0.25) is 9.59 Å². The lowest BCUT2D eigenvalue weighted by atomic mass is 10.1. The van der Waals surface area contributed by atoms with Crippen LogP contribution in [0.4, 0.5) is 4.39 Å². The predicted octanol–water partition coefficient (Wildman–Crippen LogP) is 4.54. The van der Waals surface area contributed by atoms with Crippen LogP contribution in [0.2, 0.25) is 0 Å². The van der Waals surface area contributed by atoms with Gasteiger partial charge in [0.25, 0.3) is 5.91 Å². The van der Waals surface area contributed by atoms with Crippen molar-refractivity contribution in [2.75, 3.05) is 0 Å².